The number of halogens is 1. The van der Waals surface area contributed by atoms with E-state index < -0.39 is 6.10 Å². The summed E-state index contributed by atoms with van der Waals surface area (Å²) in [5, 5.41) is 2.86. The van der Waals surface area contributed by atoms with Crippen LogP contribution in [0.3, 0.4) is 0 Å². The van der Waals surface area contributed by atoms with Gasteiger partial charge in [0.1, 0.15) is 11.6 Å². The van der Waals surface area contributed by atoms with Gasteiger partial charge in [0.25, 0.3) is 5.91 Å². The summed E-state index contributed by atoms with van der Waals surface area (Å²) in [5.41, 5.74) is 1.77. The van der Waals surface area contributed by atoms with Crippen LogP contribution in [-0.2, 0) is 17.0 Å². The van der Waals surface area contributed by atoms with E-state index in [1.54, 1.807) is 30.8 Å². The molecule has 0 aliphatic carbocycles. The highest BCUT2D eigenvalue weighted by Gasteiger charge is 2.15. The Hall–Kier alpha value is -2.01. The van der Waals surface area contributed by atoms with Crippen LogP contribution in [0.2, 0.25) is 0 Å². The van der Waals surface area contributed by atoms with Crippen LogP contribution in [0.25, 0.3) is 0 Å². The van der Waals surface area contributed by atoms with Crippen LogP contribution in [0.15, 0.2) is 48.5 Å². The third-order valence-electron chi connectivity index (χ3n) is 3.79. The zero-order chi connectivity index (χ0) is 18.1. The molecule has 0 unspecified atom stereocenters. The van der Waals surface area contributed by atoms with E-state index in [9.17, 15) is 9.18 Å². The number of para-hydroxylation sites is 1. The molecule has 134 valence electrons. The molecule has 0 saturated heterocycles. The van der Waals surface area contributed by atoms with Gasteiger partial charge >= 0.3 is 0 Å². The molecule has 0 radical (unpaired) electrons. The van der Waals surface area contributed by atoms with E-state index in [1.807, 2.05) is 30.3 Å². The molecule has 1 N–H and O–H groups in total. The van der Waals surface area contributed by atoms with Gasteiger partial charge in [0.2, 0.25) is 0 Å². The van der Waals surface area contributed by atoms with Crippen molar-refractivity contribution in [2.75, 3.05) is 12.3 Å². The number of amides is 1. The van der Waals surface area contributed by atoms with Gasteiger partial charge in [0.15, 0.2) is 6.10 Å². The summed E-state index contributed by atoms with van der Waals surface area (Å²) in [5.74, 6) is 1.74. The molecule has 2 aromatic rings. The van der Waals surface area contributed by atoms with Gasteiger partial charge in [-0.3, -0.25) is 4.79 Å². The monoisotopic (exact) mass is 361 g/mol. The fraction of sp³-hybridized carbons (Fsp3) is 0.350. The quantitative estimate of drug-likeness (QED) is 0.680. The first kappa shape index (κ1) is 19.3. The first-order valence-corrected chi connectivity index (χ1v) is 9.60. The van der Waals surface area contributed by atoms with Crippen molar-refractivity contribution in [2.24, 2.45) is 0 Å². The van der Waals surface area contributed by atoms with E-state index in [0.717, 1.165) is 23.5 Å². The molecular weight excluding hydrogens is 337 g/mol. The van der Waals surface area contributed by atoms with Gasteiger partial charge < -0.3 is 10.1 Å². The van der Waals surface area contributed by atoms with Crippen molar-refractivity contribution in [1.29, 1.82) is 0 Å². The molecule has 1 amide bonds. The second-order valence-electron chi connectivity index (χ2n) is 5.66. The number of carbonyl (C=O) groups excluding carboxylic acids is 1. The van der Waals surface area contributed by atoms with E-state index in [0.29, 0.717) is 17.9 Å². The maximum Gasteiger partial charge on any atom is 0.260 e. The number of benzene rings is 2. The minimum atomic E-state index is -0.552. The molecule has 0 fully saturated rings. The highest BCUT2D eigenvalue weighted by Crippen LogP contribution is 2.19. The first-order chi connectivity index (χ1) is 12.1. The van der Waals surface area contributed by atoms with Gasteiger partial charge in [-0.05, 0) is 36.6 Å². The lowest BCUT2D eigenvalue weighted by atomic mass is 10.1. The van der Waals surface area contributed by atoms with E-state index >= 15 is 0 Å². The third kappa shape index (κ3) is 6.09. The van der Waals surface area contributed by atoms with Crippen LogP contribution < -0.4 is 10.1 Å². The molecule has 0 aliphatic rings. The Morgan fingerprint density at radius 3 is 2.56 bits per heavy atom. The Morgan fingerprint density at radius 2 is 1.84 bits per heavy atom. The lowest BCUT2D eigenvalue weighted by Gasteiger charge is -2.16. The Balaban J connectivity index is 1.70. The third-order valence-corrected chi connectivity index (χ3v) is 4.80. The van der Waals surface area contributed by atoms with E-state index in [4.69, 9.17) is 4.74 Å². The smallest absolute Gasteiger partial charge is 0.260 e. The number of nitrogens with one attached hydrogen (secondary N) is 1. The minimum absolute atomic E-state index is 0.141. The maximum atomic E-state index is 13.5. The highest BCUT2D eigenvalue weighted by atomic mass is 32.2. The molecule has 2 aromatic carbocycles. The van der Waals surface area contributed by atoms with E-state index in [2.05, 4.69) is 12.2 Å². The molecule has 25 heavy (non-hydrogen) atoms. The van der Waals surface area contributed by atoms with Crippen LogP contribution in [0, 0.1) is 5.82 Å². The fourth-order valence-corrected chi connectivity index (χ4v) is 3.19. The molecule has 0 spiro atoms. The maximum absolute atomic E-state index is 13.5. The molecule has 2 rings (SSSR count). The minimum Gasteiger partial charge on any atom is -0.481 e. The predicted molar refractivity (Wildman–Crippen MR) is 101 cm³/mol. The second kappa shape index (κ2) is 10.1. The number of hydrogen-bond acceptors (Lipinski definition) is 3. The van der Waals surface area contributed by atoms with E-state index in [1.165, 1.54) is 6.07 Å². The molecule has 0 heterocycles. The van der Waals surface area contributed by atoms with Gasteiger partial charge in [-0.2, -0.15) is 11.8 Å². The Labute approximate surface area is 153 Å². The Bertz CT molecular complexity index is 693. The number of ether oxygens (including phenoxy) is 1. The number of rotatable bonds is 9. The summed E-state index contributed by atoms with van der Waals surface area (Å²) in [6.45, 7) is 4.33. The fourth-order valence-electron chi connectivity index (χ4n) is 2.34. The first-order valence-electron chi connectivity index (χ1n) is 8.45. The lowest BCUT2D eigenvalue weighted by Crippen LogP contribution is -2.37. The average molecular weight is 361 g/mol. The normalized spacial score (nSPS) is 11.8. The number of aryl methyl sites for hydroxylation is 1. The molecule has 3 nitrogen and oxygen atoms in total. The van der Waals surface area contributed by atoms with Gasteiger partial charge in [-0.1, -0.05) is 43.3 Å². The topological polar surface area (TPSA) is 38.3 Å². The zero-order valence-corrected chi connectivity index (χ0v) is 15.4. The molecule has 0 aliphatic heterocycles. The number of hydrogen-bond donors (Lipinski definition) is 1. The van der Waals surface area contributed by atoms with Gasteiger partial charge in [0, 0.05) is 18.1 Å². The second-order valence-corrected chi connectivity index (χ2v) is 6.76. The van der Waals surface area contributed by atoms with Gasteiger partial charge in [0.05, 0.1) is 0 Å². The SMILES string of the molecule is CCc1ccccc1O[C@H](C)C(=O)NCCSCc1ccccc1F. The van der Waals surface area contributed by atoms with Crippen molar-refractivity contribution < 1.29 is 13.9 Å². The van der Waals surface area contributed by atoms with Crippen LogP contribution in [0.4, 0.5) is 4.39 Å². The molecular formula is C20H24FNO2S. The largest absolute Gasteiger partial charge is 0.481 e. The van der Waals surface area contributed by atoms with Crippen LogP contribution in [-0.4, -0.2) is 24.3 Å². The average Bonchev–Trinajstić information content (AvgIpc) is 2.63. The molecule has 0 aromatic heterocycles. The highest BCUT2D eigenvalue weighted by molar-refractivity contribution is 7.98. The summed E-state index contributed by atoms with van der Waals surface area (Å²) < 4.78 is 19.3. The standard InChI is InChI=1S/C20H24FNO2S/c1-3-16-8-5-7-11-19(16)24-15(2)20(23)22-12-13-25-14-17-9-4-6-10-18(17)21/h4-11,15H,3,12-14H2,1-2H3,(H,22,23)/t15-/m1/s1. The summed E-state index contributed by atoms with van der Waals surface area (Å²) in [7, 11) is 0. The van der Waals surface area contributed by atoms with Crippen molar-refractivity contribution in [3.8, 4) is 5.75 Å². The van der Waals surface area contributed by atoms with Crippen molar-refractivity contribution in [1.82, 2.24) is 5.32 Å². The van der Waals surface area contributed by atoms with Crippen molar-refractivity contribution >= 4 is 17.7 Å². The van der Waals surface area contributed by atoms with Crippen molar-refractivity contribution in [3.63, 3.8) is 0 Å². The molecule has 5 heteroatoms. The molecule has 0 saturated carbocycles. The Kier molecular flexibility index (Phi) is 7.79. The van der Waals surface area contributed by atoms with Crippen LogP contribution in [0.5, 0.6) is 5.75 Å². The van der Waals surface area contributed by atoms with Crippen LogP contribution >= 0.6 is 11.8 Å². The number of thioether (sulfide) groups is 1. The van der Waals surface area contributed by atoms with E-state index in [-0.39, 0.29) is 11.7 Å². The van der Waals surface area contributed by atoms with Gasteiger partial charge in [-0.25, -0.2) is 4.39 Å². The van der Waals surface area contributed by atoms with Crippen molar-refractivity contribution in [2.45, 2.75) is 32.1 Å². The summed E-state index contributed by atoms with van der Waals surface area (Å²) >= 11 is 1.59. The van der Waals surface area contributed by atoms with Crippen LogP contribution in [0.1, 0.15) is 25.0 Å². The summed E-state index contributed by atoms with van der Waals surface area (Å²) in [6.07, 6.45) is 0.307. The molecule has 1 atom stereocenters. The predicted octanol–water partition coefficient (Wildman–Crippen LogP) is 4.21. The lowest BCUT2D eigenvalue weighted by molar-refractivity contribution is -0.127. The number of carbonyl (C=O) groups is 1. The Morgan fingerprint density at radius 1 is 1.16 bits per heavy atom. The summed E-state index contributed by atoms with van der Waals surface area (Å²) in [6, 6.07) is 14.5. The summed E-state index contributed by atoms with van der Waals surface area (Å²) in [4.78, 5) is 12.1. The zero-order valence-electron chi connectivity index (χ0n) is 14.6. The molecule has 0 bridgehead atoms. The van der Waals surface area contributed by atoms with Crippen molar-refractivity contribution in [3.05, 3.63) is 65.5 Å². The van der Waals surface area contributed by atoms with Gasteiger partial charge in [-0.15, -0.1) is 0 Å².